The number of hydrogen-bond donors (Lipinski definition) is 1. The summed E-state index contributed by atoms with van der Waals surface area (Å²) in [6, 6.07) is 4.22. The summed E-state index contributed by atoms with van der Waals surface area (Å²) >= 11 is 0. The van der Waals surface area contributed by atoms with Crippen molar-refractivity contribution in [1.82, 2.24) is 0 Å². The van der Waals surface area contributed by atoms with Crippen molar-refractivity contribution in [1.29, 1.82) is 0 Å². The average Bonchev–Trinajstić information content (AvgIpc) is 2.91. The van der Waals surface area contributed by atoms with Gasteiger partial charge in [0.15, 0.2) is 0 Å². The van der Waals surface area contributed by atoms with E-state index < -0.39 is 22.0 Å². The molecule has 2 heterocycles. The van der Waals surface area contributed by atoms with Crippen LogP contribution >= 0.6 is 0 Å². The summed E-state index contributed by atoms with van der Waals surface area (Å²) in [6.07, 6.45) is 2.97. The van der Waals surface area contributed by atoms with Gasteiger partial charge in [-0.15, -0.1) is 0 Å². The molecule has 19 heavy (non-hydrogen) atoms. The van der Waals surface area contributed by atoms with Gasteiger partial charge in [0.1, 0.15) is 0 Å². The minimum atomic E-state index is -0.778. The highest BCUT2D eigenvalue weighted by Gasteiger charge is 2.50. The molecule has 0 spiro atoms. The SMILES string of the molecule is NC1(Cc2cccc([N+](=O)[O-])c2F)CC2CCC1O2. The molecular formula is C13H15FN2O3. The van der Waals surface area contributed by atoms with E-state index in [1.807, 2.05) is 0 Å². The van der Waals surface area contributed by atoms with E-state index in [1.54, 1.807) is 6.07 Å². The molecule has 2 fully saturated rings. The van der Waals surface area contributed by atoms with Crippen LogP contribution in [0.15, 0.2) is 18.2 Å². The summed E-state index contributed by atoms with van der Waals surface area (Å²) in [5, 5.41) is 10.7. The molecule has 1 aromatic rings. The van der Waals surface area contributed by atoms with Gasteiger partial charge in [0.25, 0.3) is 0 Å². The number of nitrogens with two attached hydrogens (primary N) is 1. The van der Waals surface area contributed by atoms with Crippen LogP contribution in [0.4, 0.5) is 10.1 Å². The second-order valence-corrected chi connectivity index (χ2v) is 5.45. The van der Waals surface area contributed by atoms with Gasteiger partial charge >= 0.3 is 5.69 Å². The first kappa shape index (κ1) is 12.5. The number of nitro groups is 1. The lowest BCUT2D eigenvalue weighted by Gasteiger charge is -2.31. The zero-order chi connectivity index (χ0) is 13.6. The maximum atomic E-state index is 14.1. The van der Waals surface area contributed by atoms with Crippen molar-refractivity contribution in [3.63, 3.8) is 0 Å². The summed E-state index contributed by atoms with van der Waals surface area (Å²) < 4.78 is 19.7. The summed E-state index contributed by atoms with van der Waals surface area (Å²) in [5.74, 6) is -0.778. The van der Waals surface area contributed by atoms with Gasteiger partial charge < -0.3 is 10.5 Å². The topological polar surface area (TPSA) is 78.4 Å². The van der Waals surface area contributed by atoms with Crippen molar-refractivity contribution >= 4 is 5.69 Å². The molecule has 1 aromatic carbocycles. The molecule has 0 radical (unpaired) electrons. The van der Waals surface area contributed by atoms with Crippen molar-refractivity contribution in [2.45, 2.75) is 43.4 Å². The molecule has 3 unspecified atom stereocenters. The second-order valence-electron chi connectivity index (χ2n) is 5.45. The maximum absolute atomic E-state index is 14.1. The third kappa shape index (κ3) is 2.01. The molecule has 3 atom stereocenters. The Morgan fingerprint density at radius 3 is 2.89 bits per heavy atom. The quantitative estimate of drug-likeness (QED) is 0.669. The normalized spacial score (nSPS) is 32.7. The number of rotatable bonds is 3. The molecule has 0 aliphatic carbocycles. The molecule has 2 saturated heterocycles. The molecule has 2 aliphatic rings. The van der Waals surface area contributed by atoms with Crippen LogP contribution in [0.3, 0.4) is 0 Å². The first-order valence-electron chi connectivity index (χ1n) is 6.36. The summed E-state index contributed by atoms with van der Waals surface area (Å²) in [7, 11) is 0. The number of benzene rings is 1. The lowest BCUT2D eigenvalue weighted by Crippen LogP contribution is -2.50. The van der Waals surface area contributed by atoms with Gasteiger partial charge in [-0.2, -0.15) is 4.39 Å². The minimum Gasteiger partial charge on any atom is -0.373 e. The van der Waals surface area contributed by atoms with E-state index in [0.29, 0.717) is 12.0 Å². The van der Waals surface area contributed by atoms with E-state index in [-0.39, 0.29) is 18.6 Å². The number of ether oxygens (including phenoxy) is 1. The Hall–Kier alpha value is -1.53. The van der Waals surface area contributed by atoms with E-state index in [1.165, 1.54) is 12.1 Å². The lowest BCUT2D eigenvalue weighted by molar-refractivity contribution is -0.387. The first-order valence-corrected chi connectivity index (χ1v) is 6.36. The molecule has 0 amide bonds. The van der Waals surface area contributed by atoms with E-state index >= 15 is 0 Å². The van der Waals surface area contributed by atoms with Gasteiger partial charge in [-0.05, 0) is 31.2 Å². The fourth-order valence-electron chi connectivity index (χ4n) is 3.22. The smallest absolute Gasteiger partial charge is 0.305 e. The zero-order valence-corrected chi connectivity index (χ0v) is 10.3. The van der Waals surface area contributed by atoms with Gasteiger partial charge in [0.05, 0.1) is 17.1 Å². The maximum Gasteiger partial charge on any atom is 0.305 e. The lowest BCUT2D eigenvalue weighted by atomic mass is 9.78. The minimum absolute atomic E-state index is 0.0591. The molecule has 0 saturated carbocycles. The standard InChI is InChI=1S/C13H15FN2O3/c14-12-8(2-1-3-10(12)16(17)18)6-13(15)7-9-4-5-11(13)19-9/h1-3,9,11H,4-7,15H2. The summed E-state index contributed by atoms with van der Waals surface area (Å²) in [4.78, 5) is 10.0. The van der Waals surface area contributed by atoms with Crippen molar-refractivity contribution in [3.8, 4) is 0 Å². The number of nitro benzene ring substituents is 1. The van der Waals surface area contributed by atoms with Crippen LogP contribution in [0.1, 0.15) is 24.8 Å². The van der Waals surface area contributed by atoms with Crippen LogP contribution in [-0.2, 0) is 11.2 Å². The number of nitrogens with zero attached hydrogens (tertiary/aromatic N) is 1. The fraction of sp³-hybridized carbons (Fsp3) is 0.538. The fourth-order valence-corrected chi connectivity index (χ4v) is 3.22. The average molecular weight is 266 g/mol. The predicted molar refractivity (Wildman–Crippen MR) is 66.2 cm³/mol. The molecule has 2 N–H and O–H groups in total. The number of fused-ring (bicyclic) bond motifs is 2. The molecule has 2 aliphatic heterocycles. The molecule has 3 rings (SSSR count). The largest absolute Gasteiger partial charge is 0.373 e. The van der Waals surface area contributed by atoms with Crippen molar-refractivity contribution in [2.24, 2.45) is 5.73 Å². The monoisotopic (exact) mass is 266 g/mol. The highest BCUT2D eigenvalue weighted by Crippen LogP contribution is 2.42. The molecular weight excluding hydrogens is 251 g/mol. The van der Waals surface area contributed by atoms with E-state index in [2.05, 4.69) is 0 Å². The van der Waals surface area contributed by atoms with Crippen LogP contribution in [0.5, 0.6) is 0 Å². The number of hydrogen-bond acceptors (Lipinski definition) is 4. The molecule has 102 valence electrons. The Morgan fingerprint density at radius 1 is 1.53 bits per heavy atom. The Labute approximate surface area is 109 Å². The van der Waals surface area contributed by atoms with E-state index in [4.69, 9.17) is 10.5 Å². The van der Waals surface area contributed by atoms with Gasteiger partial charge in [0, 0.05) is 11.6 Å². The van der Waals surface area contributed by atoms with Crippen molar-refractivity contribution in [3.05, 3.63) is 39.7 Å². The van der Waals surface area contributed by atoms with Crippen molar-refractivity contribution < 1.29 is 14.1 Å². The Balaban J connectivity index is 1.88. The molecule has 6 heteroatoms. The second kappa shape index (κ2) is 4.25. The van der Waals surface area contributed by atoms with Gasteiger partial charge in [0.2, 0.25) is 5.82 Å². The Kier molecular flexibility index (Phi) is 2.79. The molecule has 5 nitrogen and oxygen atoms in total. The van der Waals surface area contributed by atoms with E-state index in [9.17, 15) is 14.5 Å². The molecule has 2 bridgehead atoms. The van der Waals surface area contributed by atoms with Gasteiger partial charge in [-0.25, -0.2) is 0 Å². The third-order valence-electron chi connectivity index (χ3n) is 4.13. The van der Waals surface area contributed by atoms with Crippen LogP contribution in [0.25, 0.3) is 0 Å². The Morgan fingerprint density at radius 2 is 2.32 bits per heavy atom. The van der Waals surface area contributed by atoms with Crippen LogP contribution < -0.4 is 5.73 Å². The highest BCUT2D eigenvalue weighted by molar-refractivity contribution is 5.38. The summed E-state index contributed by atoms with van der Waals surface area (Å²) in [6.45, 7) is 0. The Bertz CT molecular complexity index is 537. The molecule has 0 aromatic heterocycles. The summed E-state index contributed by atoms with van der Waals surface area (Å²) in [5.41, 5.74) is 5.52. The predicted octanol–water partition coefficient (Wildman–Crippen LogP) is 1.93. The van der Waals surface area contributed by atoms with Gasteiger partial charge in [-0.3, -0.25) is 10.1 Å². The van der Waals surface area contributed by atoms with Gasteiger partial charge in [-0.1, -0.05) is 12.1 Å². The zero-order valence-electron chi connectivity index (χ0n) is 10.3. The van der Waals surface area contributed by atoms with Crippen LogP contribution in [-0.4, -0.2) is 22.7 Å². The third-order valence-corrected chi connectivity index (χ3v) is 4.13. The highest BCUT2D eigenvalue weighted by atomic mass is 19.1. The number of halogens is 1. The first-order chi connectivity index (χ1) is 8.99. The van der Waals surface area contributed by atoms with Crippen LogP contribution in [0, 0.1) is 15.9 Å². The van der Waals surface area contributed by atoms with Crippen molar-refractivity contribution in [2.75, 3.05) is 0 Å². The van der Waals surface area contributed by atoms with E-state index in [0.717, 1.165) is 12.8 Å². The van der Waals surface area contributed by atoms with Crippen LogP contribution in [0.2, 0.25) is 0 Å².